The second kappa shape index (κ2) is 6.04. The maximum Gasteiger partial charge on any atom is 0.0883 e. The van der Waals surface area contributed by atoms with Crippen LogP contribution in [0.3, 0.4) is 0 Å². The van der Waals surface area contributed by atoms with Crippen LogP contribution in [0.15, 0.2) is 6.20 Å². The molecule has 4 heteroatoms. The van der Waals surface area contributed by atoms with Crippen molar-refractivity contribution in [2.24, 2.45) is 5.92 Å². The number of hydrogen-bond donors (Lipinski definition) is 0. The first-order valence-electron chi connectivity index (χ1n) is 7.60. The number of piperidine rings is 1. The van der Waals surface area contributed by atoms with Gasteiger partial charge in [-0.3, -0.25) is 4.68 Å². The van der Waals surface area contributed by atoms with Crippen molar-refractivity contribution in [1.29, 1.82) is 0 Å². The van der Waals surface area contributed by atoms with E-state index >= 15 is 0 Å². The number of aromatic nitrogens is 3. The molecular formula is C15H28N4. The SMILES string of the molecule is CCC(C)(C)c1cn(CCC2CCN(C)CC2)nn1. The summed E-state index contributed by atoms with van der Waals surface area (Å²) in [5, 5.41) is 8.63. The number of aryl methyl sites for hydroxylation is 1. The summed E-state index contributed by atoms with van der Waals surface area (Å²) in [6.07, 6.45) is 7.14. The largest absolute Gasteiger partial charge is 0.306 e. The lowest BCUT2D eigenvalue weighted by molar-refractivity contribution is 0.206. The van der Waals surface area contributed by atoms with Gasteiger partial charge in [-0.05, 0) is 51.7 Å². The lowest BCUT2D eigenvalue weighted by atomic mass is 9.87. The predicted octanol–water partition coefficient (Wildman–Crippen LogP) is 2.70. The van der Waals surface area contributed by atoms with Gasteiger partial charge in [0.05, 0.1) is 5.69 Å². The van der Waals surface area contributed by atoms with E-state index in [4.69, 9.17) is 0 Å². The van der Waals surface area contributed by atoms with Crippen LogP contribution in [0.25, 0.3) is 0 Å². The average Bonchev–Trinajstić information content (AvgIpc) is 2.88. The molecule has 1 aromatic heterocycles. The van der Waals surface area contributed by atoms with Crippen LogP contribution in [0.2, 0.25) is 0 Å². The van der Waals surface area contributed by atoms with E-state index in [9.17, 15) is 0 Å². The molecule has 0 saturated carbocycles. The monoisotopic (exact) mass is 264 g/mol. The van der Waals surface area contributed by atoms with Crippen molar-refractivity contribution in [2.75, 3.05) is 20.1 Å². The molecule has 0 radical (unpaired) electrons. The zero-order chi connectivity index (χ0) is 13.9. The van der Waals surface area contributed by atoms with Gasteiger partial charge in [-0.15, -0.1) is 5.10 Å². The van der Waals surface area contributed by atoms with E-state index in [1.54, 1.807) is 0 Å². The molecule has 1 saturated heterocycles. The Morgan fingerprint density at radius 1 is 1.32 bits per heavy atom. The molecule has 0 spiro atoms. The molecule has 1 aliphatic heterocycles. The first kappa shape index (κ1) is 14.5. The highest BCUT2D eigenvalue weighted by Crippen LogP contribution is 2.24. The normalized spacial score (nSPS) is 18.9. The number of nitrogens with zero attached hydrogens (tertiary/aromatic N) is 4. The summed E-state index contributed by atoms with van der Waals surface area (Å²) < 4.78 is 2.03. The zero-order valence-corrected chi connectivity index (χ0v) is 12.9. The van der Waals surface area contributed by atoms with Gasteiger partial charge in [0.2, 0.25) is 0 Å². The Bertz CT molecular complexity index is 389. The van der Waals surface area contributed by atoms with Crippen molar-refractivity contribution in [3.8, 4) is 0 Å². The third-order valence-corrected chi connectivity index (χ3v) is 4.72. The number of hydrogen-bond acceptors (Lipinski definition) is 3. The van der Waals surface area contributed by atoms with Crippen molar-refractivity contribution in [3.05, 3.63) is 11.9 Å². The maximum atomic E-state index is 4.34. The summed E-state index contributed by atoms with van der Waals surface area (Å²) in [6.45, 7) is 10.2. The van der Waals surface area contributed by atoms with E-state index in [0.29, 0.717) is 0 Å². The number of rotatable bonds is 5. The maximum absolute atomic E-state index is 4.34. The summed E-state index contributed by atoms with van der Waals surface area (Å²) in [4.78, 5) is 2.42. The van der Waals surface area contributed by atoms with Gasteiger partial charge in [0, 0.05) is 18.2 Å². The van der Waals surface area contributed by atoms with Gasteiger partial charge in [0.1, 0.15) is 0 Å². The molecule has 0 N–H and O–H groups in total. The lowest BCUT2D eigenvalue weighted by Crippen LogP contribution is -2.30. The van der Waals surface area contributed by atoms with Crippen molar-refractivity contribution in [2.45, 2.75) is 58.4 Å². The molecule has 2 rings (SSSR count). The highest BCUT2D eigenvalue weighted by atomic mass is 15.4. The molecule has 2 heterocycles. The quantitative estimate of drug-likeness (QED) is 0.820. The number of likely N-dealkylation sites (tertiary alicyclic amines) is 1. The minimum atomic E-state index is 0.145. The van der Waals surface area contributed by atoms with Crippen molar-refractivity contribution >= 4 is 0 Å². The van der Waals surface area contributed by atoms with Crippen molar-refractivity contribution in [3.63, 3.8) is 0 Å². The summed E-state index contributed by atoms with van der Waals surface area (Å²) in [6, 6.07) is 0. The van der Waals surface area contributed by atoms with Crippen LogP contribution in [0, 0.1) is 5.92 Å². The molecule has 0 aromatic carbocycles. The third kappa shape index (κ3) is 3.78. The minimum absolute atomic E-state index is 0.145. The smallest absolute Gasteiger partial charge is 0.0883 e. The van der Waals surface area contributed by atoms with E-state index < -0.39 is 0 Å². The fourth-order valence-electron chi connectivity index (χ4n) is 2.56. The fourth-order valence-corrected chi connectivity index (χ4v) is 2.56. The Morgan fingerprint density at radius 3 is 2.63 bits per heavy atom. The minimum Gasteiger partial charge on any atom is -0.306 e. The van der Waals surface area contributed by atoms with Gasteiger partial charge < -0.3 is 4.90 Å². The fraction of sp³-hybridized carbons (Fsp3) is 0.867. The predicted molar refractivity (Wildman–Crippen MR) is 78.2 cm³/mol. The van der Waals surface area contributed by atoms with E-state index in [-0.39, 0.29) is 5.41 Å². The standard InChI is InChI=1S/C15H28N4/c1-5-15(2,3)14-12-19(17-16-14)11-8-13-6-9-18(4)10-7-13/h12-13H,5-11H2,1-4H3. The molecule has 0 aliphatic carbocycles. The van der Waals surface area contributed by atoms with Crippen LogP contribution in [0.4, 0.5) is 0 Å². The van der Waals surface area contributed by atoms with Crippen LogP contribution in [-0.4, -0.2) is 40.0 Å². The van der Waals surface area contributed by atoms with Gasteiger partial charge in [-0.25, -0.2) is 0 Å². The molecule has 0 bridgehead atoms. The average molecular weight is 264 g/mol. The second-order valence-corrected chi connectivity index (χ2v) is 6.64. The molecule has 19 heavy (non-hydrogen) atoms. The Kier molecular flexibility index (Phi) is 4.61. The van der Waals surface area contributed by atoms with Crippen molar-refractivity contribution in [1.82, 2.24) is 19.9 Å². The zero-order valence-electron chi connectivity index (χ0n) is 12.9. The summed E-state index contributed by atoms with van der Waals surface area (Å²) >= 11 is 0. The van der Waals surface area contributed by atoms with E-state index in [0.717, 1.165) is 24.6 Å². The molecular weight excluding hydrogens is 236 g/mol. The van der Waals surface area contributed by atoms with E-state index in [1.165, 1.54) is 32.4 Å². The molecule has 1 aromatic rings. The summed E-state index contributed by atoms with van der Waals surface area (Å²) in [5.41, 5.74) is 1.27. The summed E-state index contributed by atoms with van der Waals surface area (Å²) in [5.74, 6) is 0.864. The van der Waals surface area contributed by atoms with Gasteiger partial charge in [0.15, 0.2) is 0 Å². The van der Waals surface area contributed by atoms with Crippen LogP contribution in [-0.2, 0) is 12.0 Å². The summed E-state index contributed by atoms with van der Waals surface area (Å²) in [7, 11) is 2.22. The van der Waals surface area contributed by atoms with Gasteiger partial charge >= 0.3 is 0 Å². The van der Waals surface area contributed by atoms with Crippen molar-refractivity contribution < 1.29 is 0 Å². The van der Waals surface area contributed by atoms with Crippen LogP contribution in [0.5, 0.6) is 0 Å². The molecule has 0 amide bonds. The van der Waals surface area contributed by atoms with Gasteiger partial charge in [0.25, 0.3) is 0 Å². The van der Waals surface area contributed by atoms with E-state index in [2.05, 4.69) is 49.2 Å². The first-order chi connectivity index (χ1) is 9.01. The first-order valence-corrected chi connectivity index (χ1v) is 7.60. The Morgan fingerprint density at radius 2 is 2.00 bits per heavy atom. The van der Waals surface area contributed by atoms with Gasteiger partial charge in [-0.2, -0.15) is 0 Å². The Hall–Kier alpha value is -0.900. The lowest BCUT2D eigenvalue weighted by Gasteiger charge is -2.28. The molecule has 0 atom stereocenters. The highest BCUT2D eigenvalue weighted by Gasteiger charge is 2.22. The van der Waals surface area contributed by atoms with Crippen LogP contribution in [0.1, 0.15) is 52.1 Å². The topological polar surface area (TPSA) is 34.0 Å². The molecule has 0 unspecified atom stereocenters. The Labute approximate surface area is 117 Å². The molecule has 1 fully saturated rings. The van der Waals surface area contributed by atoms with E-state index in [1.807, 2.05) is 4.68 Å². The molecule has 108 valence electrons. The highest BCUT2D eigenvalue weighted by molar-refractivity contribution is 5.07. The second-order valence-electron chi connectivity index (χ2n) is 6.64. The van der Waals surface area contributed by atoms with Crippen LogP contribution < -0.4 is 0 Å². The third-order valence-electron chi connectivity index (χ3n) is 4.72. The molecule has 4 nitrogen and oxygen atoms in total. The molecule has 1 aliphatic rings. The Balaban J connectivity index is 1.84. The van der Waals surface area contributed by atoms with Gasteiger partial charge in [-0.1, -0.05) is 26.0 Å². The van der Waals surface area contributed by atoms with Crippen LogP contribution >= 0.6 is 0 Å².